The molecule has 16 heavy (non-hydrogen) atoms. The van der Waals surface area contributed by atoms with Gasteiger partial charge in [0.15, 0.2) is 11.4 Å². The molecule has 0 aliphatic rings. The van der Waals surface area contributed by atoms with Gasteiger partial charge in [0, 0.05) is 13.7 Å². The van der Waals surface area contributed by atoms with Gasteiger partial charge in [-0.1, -0.05) is 6.92 Å². The van der Waals surface area contributed by atoms with Crippen molar-refractivity contribution in [3.05, 3.63) is 0 Å². The Kier molecular flexibility index (Phi) is 5.95. The molecule has 0 bridgehead atoms. The first-order chi connectivity index (χ1) is 7.38. The number of carboxylic acids is 1. The molecule has 0 spiro atoms. The maximum Gasteiger partial charge on any atom is 0.334 e. The lowest BCUT2D eigenvalue weighted by molar-refractivity contribution is -0.147. The van der Waals surface area contributed by atoms with E-state index in [0.29, 0.717) is 0 Å². The fraction of sp³-hybridized carbons (Fsp3) is 0.750. The Morgan fingerprint density at radius 1 is 1.62 bits per heavy atom. The largest absolute Gasteiger partial charge is 0.479 e. The Balaban J connectivity index is 4.51. The summed E-state index contributed by atoms with van der Waals surface area (Å²) in [6.45, 7) is 1.16. The zero-order chi connectivity index (χ0) is 12.8. The molecule has 0 rings (SSSR count). The number of hydrogen-bond acceptors (Lipinski definition) is 5. The van der Waals surface area contributed by atoms with Crippen LogP contribution in [0.15, 0.2) is 0 Å². The summed E-state index contributed by atoms with van der Waals surface area (Å²) in [5.74, 6) is -1.27. The van der Waals surface area contributed by atoms with Gasteiger partial charge in [-0.3, -0.25) is 0 Å². The van der Waals surface area contributed by atoms with Crippen molar-refractivity contribution in [1.29, 1.82) is 5.26 Å². The molecule has 0 aromatic carbocycles. The highest BCUT2D eigenvalue weighted by Gasteiger charge is 2.26. The van der Waals surface area contributed by atoms with Crippen LogP contribution in [-0.2, 0) is 19.6 Å². The van der Waals surface area contributed by atoms with E-state index in [1.54, 1.807) is 13.0 Å². The first kappa shape index (κ1) is 14.8. The summed E-state index contributed by atoms with van der Waals surface area (Å²) in [6, 6.07) is 1.62. The molecular formula is C8H14N2O5S. The van der Waals surface area contributed by atoms with Crippen molar-refractivity contribution in [2.45, 2.75) is 24.7 Å². The SMILES string of the molecule is CCC(C#N)S(=O)(=O)NCC(OC)C(=O)O. The average molecular weight is 250 g/mol. The van der Waals surface area contributed by atoms with Crippen LogP contribution < -0.4 is 4.72 Å². The highest BCUT2D eigenvalue weighted by atomic mass is 32.2. The number of ether oxygens (including phenoxy) is 1. The molecule has 8 heteroatoms. The van der Waals surface area contributed by atoms with Gasteiger partial charge < -0.3 is 9.84 Å². The van der Waals surface area contributed by atoms with Crippen molar-refractivity contribution >= 4 is 16.0 Å². The second kappa shape index (κ2) is 6.42. The molecule has 0 fully saturated rings. The molecule has 92 valence electrons. The second-order valence-electron chi connectivity index (χ2n) is 2.98. The van der Waals surface area contributed by atoms with Crippen LogP contribution in [0.1, 0.15) is 13.3 Å². The van der Waals surface area contributed by atoms with Crippen molar-refractivity contribution in [3.63, 3.8) is 0 Å². The van der Waals surface area contributed by atoms with Gasteiger partial charge in [0.05, 0.1) is 6.07 Å². The van der Waals surface area contributed by atoms with E-state index in [9.17, 15) is 13.2 Å². The van der Waals surface area contributed by atoms with Crippen molar-refractivity contribution in [1.82, 2.24) is 4.72 Å². The summed E-state index contributed by atoms with van der Waals surface area (Å²) >= 11 is 0. The second-order valence-corrected chi connectivity index (χ2v) is 4.93. The topological polar surface area (TPSA) is 116 Å². The number of carboxylic acid groups (broad SMARTS) is 1. The van der Waals surface area contributed by atoms with E-state index in [1.165, 1.54) is 0 Å². The molecule has 0 radical (unpaired) electrons. The fourth-order valence-electron chi connectivity index (χ4n) is 0.944. The maximum atomic E-state index is 11.5. The number of rotatable bonds is 7. The van der Waals surface area contributed by atoms with Gasteiger partial charge in [-0.15, -0.1) is 0 Å². The van der Waals surface area contributed by atoms with E-state index >= 15 is 0 Å². The molecule has 0 saturated heterocycles. The Labute approximate surface area is 94.1 Å². The van der Waals surface area contributed by atoms with Crippen LogP contribution in [0.5, 0.6) is 0 Å². The standard InChI is InChI=1S/C8H14N2O5S/c1-3-6(4-9)16(13,14)10-5-7(15-2)8(11)12/h6-7,10H,3,5H2,1-2H3,(H,11,12). The predicted molar refractivity (Wildman–Crippen MR) is 55.0 cm³/mol. The highest BCUT2D eigenvalue weighted by Crippen LogP contribution is 2.03. The van der Waals surface area contributed by atoms with Crippen LogP contribution in [0.25, 0.3) is 0 Å². The van der Waals surface area contributed by atoms with E-state index in [4.69, 9.17) is 10.4 Å². The molecule has 7 nitrogen and oxygen atoms in total. The molecule has 2 unspecified atom stereocenters. The first-order valence-electron chi connectivity index (χ1n) is 4.52. The summed E-state index contributed by atoms with van der Waals surface area (Å²) in [6.07, 6.45) is -1.12. The third kappa shape index (κ3) is 4.14. The number of nitrogens with one attached hydrogen (secondary N) is 1. The number of nitriles is 1. The summed E-state index contributed by atoms with van der Waals surface area (Å²) in [5, 5.41) is 16.0. The van der Waals surface area contributed by atoms with Crippen LogP contribution in [-0.4, -0.2) is 44.5 Å². The van der Waals surface area contributed by atoms with Crippen molar-refractivity contribution in [2.75, 3.05) is 13.7 Å². The normalized spacial score (nSPS) is 15.1. The summed E-state index contributed by atoms with van der Waals surface area (Å²) in [7, 11) is -2.65. The van der Waals surface area contributed by atoms with Crippen molar-refractivity contribution in [3.8, 4) is 6.07 Å². The van der Waals surface area contributed by atoms with Gasteiger partial charge in [-0.2, -0.15) is 5.26 Å². The third-order valence-electron chi connectivity index (χ3n) is 1.92. The maximum absolute atomic E-state index is 11.5. The van der Waals surface area contributed by atoms with Gasteiger partial charge in [0.1, 0.15) is 0 Å². The molecule has 0 aromatic rings. The monoisotopic (exact) mass is 250 g/mol. The lowest BCUT2D eigenvalue weighted by Gasteiger charge is -2.13. The van der Waals surface area contributed by atoms with E-state index in [0.717, 1.165) is 7.11 Å². The number of methoxy groups -OCH3 is 1. The Morgan fingerprint density at radius 3 is 2.50 bits per heavy atom. The summed E-state index contributed by atoms with van der Waals surface area (Å²) < 4.78 is 29.5. The van der Waals surface area contributed by atoms with Gasteiger partial charge in [0.2, 0.25) is 10.0 Å². The molecule has 0 aromatic heterocycles. The molecule has 2 atom stereocenters. The number of sulfonamides is 1. The van der Waals surface area contributed by atoms with E-state index < -0.39 is 33.9 Å². The molecular weight excluding hydrogens is 236 g/mol. The minimum atomic E-state index is -3.82. The van der Waals surface area contributed by atoms with Gasteiger partial charge in [-0.25, -0.2) is 17.9 Å². The fourth-order valence-corrected chi connectivity index (χ4v) is 2.11. The zero-order valence-electron chi connectivity index (χ0n) is 9.00. The minimum Gasteiger partial charge on any atom is -0.479 e. The van der Waals surface area contributed by atoms with Crippen LogP contribution in [0, 0.1) is 11.3 Å². The lowest BCUT2D eigenvalue weighted by Crippen LogP contribution is -2.41. The average Bonchev–Trinajstić information content (AvgIpc) is 2.19. The number of hydrogen-bond donors (Lipinski definition) is 2. The quantitative estimate of drug-likeness (QED) is 0.617. The number of nitrogens with zero attached hydrogens (tertiary/aromatic N) is 1. The van der Waals surface area contributed by atoms with Crippen molar-refractivity contribution in [2.24, 2.45) is 0 Å². The molecule has 2 N–H and O–H groups in total. The number of carbonyl (C=O) groups is 1. The highest BCUT2D eigenvalue weighted by molar-refractivity contribution is 7.90. The molecule has 0 amide bonds. The van der Waals surface area contributed by atoms with Crippen LogP contribution in [0.3, 0.4) is 0 Å². The Bertz CT molecular complexity index is 372. The first-order valence-corrected chi connectivity index (χ1v) is 6.07. The van der Waals surface area contributed by atoms with Gasteiger partial charge >= 0.3 is 5.97 Å². The van der Waals surface area contributed by atoms with Crippen LogP contribution in [0.2, 0.25) is 0 Å². The Morgan fingerprint density at radius 2 is 2.19 bits per heavy atom. The van der Waals surface area contributed by atoms with E-state index in [2.05, 4.69) is 4.74 Å². The molecule has 0 saturated carbocycles. The van der Waals surface area contributed by atoms with Crippen LogP contribution in [0.4, 0.5) is 0 Å². The smallest absolute Gasteiger partial charge is 0.334 e. The minimum absolute atomic E-state index is 0.135. The Hall–Kier alpha value is -1.17. The van der Waals surface area contributed by atoms with E-state index in [-0.39, 0.29) is 6.42 Å². The summed E-state index contributed by atoms with van der Waals surface area (Å²) in [5.41, 5.74) is 0. The van der Waals surface area contributed by atoms with Crippen LogP contribution >= 0.6 is 0 Å². The van der Waals surface area contributed by atoms with E-state index in [1.807, 2.05) is 4.72 Å². The van der Waals surface area contributed by atoms with Crippen molar-refractivity contribution < 1.29 is 23.1 Å². The number of aliphatic carboxylic acids is 1. The third-order valence-corrected chi connectivity index (χ3v) is 3.68. The lowest BCUT2D eigenvalue weighted by atomic mass is 10.4. The molecule has 0 aliphatic heterocycles. The predicted octanol–water partition coefficient (Wildman–Crippen LogP) is -0.692. The molecule has 0 heterocycles. The molecule has 0 aliphatic carbocycles. The zero-order valence-corrected chi connectivity index (χ0v) is 9.82. The van der Waals surface area contributed by atoms with Gasteiger partial charge in [-0.05, 0) is 6.42 Å². The summed E-state index contributed by atoms with van der Waals surface area (Å²) in [4.78, 5) is 10.5. The van der Waals surface area contributed by atoms with Gasteiger partial charge in [0.25, 0.3) is 0 Å².